The summed E-state index contributed by atoms with van der Waals surface area (Å²) in [4.78, 5) is 0. The second-order valence-corrected chi connectivity index (χ2v) is 4.58. The molecule has 0 aliphatic rings. The first-order valence-electron chi connectivity index (χ1n) is 5.05. The Labute approximate surface area is 107 Å². The average molecular weight is 296 g/mol. The van der Waals surface area contributed by atoms with Crippen LogP contribution in [0.1, 0.15) is 5.56 Å². The van der Waals surface area contributed by atoms with E-state index in [4.69, 9.17) is 10.5 Å². The van der Waals surface area contributed by atoms with Crippen molar-refractivity contribution in [3.8, 4) is 11.5 Å². The molecule has 0 aromatic heterocycles. The molecule has 17 heavy (non-hydrogen) atoms. The zero-order chi connectivity index (χ0) is 12.4. The number of aryl methyl sites for hydroxylation is 1. The van der Waals surface area contributed by atoms with Gasteiger partial charge in [0, 0.05) is 11.8 Å². The molecule has 0 spiro atoms. The molecule has 0 saturated heterocycles. The molecular weight excluding hydrogens is 285 g/mol. The van der Waals surface area contributed by atoms with Gasteiger partial charge in [-0.3, -0.25) is 0 Å². The highest BCUT2D eigenvalue weighted by Gasteiger charge is 2.07. The summed E-state index contributed by atoms with van der Waals surface area (Å²) in [5.74, 6) is 0.250. The molecule has 2 N–H and O–H groups in total. The number of hydrogen-bond acceptors (Lipinski definition) is 2. The van der Waals surface area contributed by atoms with Gasteiger partial charge in [0.15, 0.2) is 11.6 Å². The van der Waals surface area contributed by atoms with Crippen molar-refractivity contribution in [1.82, 2.24) is 0 Å². The SMILES string of the molecule is Cc1ccc(Oc2ccc(N)cc2F)c(Br)c1. The third kappa shape index (κ3) is 2.77. The van der Waals surface area contributed by atoms with Gasteiger partial charge >= 0.3 is 0 Å². The molecule has 0 fully saturated rings. The Morgan fingerprint density at radius 1 is 1.12 bits per heavy atom. The van der Waals surface area contributed by atoms with Crippen molar-refractivity contribution in [1.29, 1.82) is 0 Å². The Kier molecular flexibility index (Phi) is 3.33. The van der Waals surface area contributed by atoms with Crippen LogP contribution in [0.2, 0.25) is 0 Å². The van der Waals surface area contributed by atoms with Crippen LogP contribution in [-0.4, -0.2) is 0 Å². The molecule has 0 aliphatic carbocycles. The molecule has 2 aromatic carbocycles. The van der Waals surface area contributed by atoms with Gasteiger partial charge in [-0.2, -0.15) is 0 Å². The Hall–Kier alpha value is -1.55. The Morgan fingerprint density at radius 3 is 2.47 bits per heavy atom. The van der Waals surface area contributed by atoms with E-state index in [1.54, 1.807) is 12.1 Å². The van der Waals surface area contributed by atoms with Gasteiger partial charge in [0.2, 0.25) is 0 Å². The van der Waals surface area contributed by atoms with Crippen LogP contribution >= 0.6 is 15.9 Å². The second-order valence-electron chi connectivity index (χ2n) is 3.73. The van der Waals surface area contributed by atoms with Crippen LogP contribution in [0.3, 0.4) is 0 Å². The summed E-state index contributed by atoms with van der Waals surface area (Å²) >= 11 is 3.37. The smallest absolute Gasteiger partial charge is 0.167 e. The summed E-state index contributed by atoms with van der Waals surface area (Å²) in [7, 11) is 0. The predicted octanol–water partition coefficient (Wildman–Crippen LogP) is 4.27. The van der Waals surface area contributed by atoms with Crippen molar-refractivity contribution < 1.29 is 9.13 Å². The summed E-state index contributed by atoms with van der Waals surface area (Å²) in [6.45, 7) is 1.97. The molecule has 0 bridgehead atoms. The maximum Gasteiger partial charge on any atom is 0.167 e. The van der Waals surface area contributed by atoms with E-state index in [9.17, 15) is 4.39 Å². The summed E-state index contributed by atoms with van der Waals surface area (Å²) in [6, 6.07) is 9.93. The zero-order valence-corrected chi connectivity index (χ0v) is 10.8. The first-order valence-corrected chi connectivity index (χ1v) is 5.84. The van der Waals surface area contributed by atoms with Gasteiger partial charge in [-0.05, 0) is 52.7 Å². The highest BCUT2D eigenvalue weighted by atomic mass is 79.9. The maximum absolute atomic E-state index is 13.5. The lowest BCUT2D eigenvalue weighted by molar-refractivity contribution is 0.440. The van der Waals surface area contributed by atoms with Crippen LogP contribution in [-0.2, 0) is 0 Å². The van der Waals surface area contributed by atoms with Crippen molar-refractivity contribution in [2.45, 2.75) is 6.92 Å². The lowest BCUT2D eigenvalue weighted by Gasteiger charge is -2.09. The minimum Gasteiger partial charge on any atom is -0.453 e. The van der Waals surface area contributed by atoms with E-state index in [0.29, 0.717) is 11.4 Å². The molecule has 0 atom stereocenters. The Balaban J connectivity index is 2.31. The largest absolute Gasteiger partial charge is 0.453 e. The highest BCUT2D eigenvalue weighted by Crippen LogP contribution is 2.32. The van der Waals surface area contributed by atoms with Crippen LogP contribution in [0, 0.1) is 12.7 Å². The molecule has 88 valence electrons. The van der Waals surface area contributed by atoms with Crippen molar-refractivity contribution in [2.24, 2.45) is 0 Å². The summed E-state index contributed by atoms with van der Waals surface area (Å²) in [6.07, 6.45) is 0. The van der Waals surface area contributed by atoms with Gasteiger partial charge in [-0.1, -0.05) is 6.07 Å². The molecule has 0 amide bonds. The molecule has 0 unspecified atom stereocenters. The standard InChI is InChI=1S/C13H11BrFNO/c1-8-2-4-12(10(14)6-8)17-13-5-3-9(16)7-11(13)15/h2-7H,16H2,1H3. The van der Waals surface area contributed by atoms with Gasteiger partial charge in [0.25, 0.3) is 0 Å². The van der Waals surface area contributed by atoms with Gasteiger partial charge in [-0.15, -0.1) is 0 Å². The number of hydrogen-bond donors (Lipinski definition) is 1. The lowest BCUT2D eigenvalue weighted by atomic mass is 10.2. The molecule has 2 nitrogen and oxygen atoms in total. The number of rotatable bonds is 2. The van der Waals surface area contributed by atoms with Crippen molar-refractivity contribution in [3.63, 3.8) is 0 Å². The first kappa shape index (κ1) is 11.9. The molecule has 2 aromatic rings. The summed E-state index contributed by atoms with van der Waals surface area (Å²) in [5.41, 5.74) is 6.94. The normalized spacial score (nSPS) is 10.3. The Morgan fingerprint density at radius 2 is 1.82 bits per heavy atom. The lowest BCUT2D eigenvalue weighted by Crippen LogP contribution is -1.92. The third-order valence-corrected chi connectivity index (χ3v) is 2.88. The molecule has 0 radical (unpaired) electrons. The highest BCUT2D eigenvalue weighted by molar-refractivity contribution is 9.10. The third-order valence-electron chi connectivity index (χ3n) is 2.26. The molecule has 2 rings (SSSR count). The van der Waals surface area contributed by atoms with Gasteiger partial charge in [0.1, 0.15) is 5.75 Å². The van der Waals surface area contributed by atoms with E-state index in [0.717, 1.165) is 10.0 Å². The van der Waals surface area contributed by atoms with E-state index in [1.165, 1.54) is 12.1 Å². The fraction of sp³-hybridized carbons (Fsp3) is 0.0769. The van der Waals surface area contributed by atoms with Crippen LogP contribution in [0.15, 0.2) is 40.9 Å². The predicted molar refractivity (Wildman–Crippen MR) is 69.8 cm³/mol. The molecular formula is C13H11BrFNO. The topological polar surface area (TPSA) is 35.2 Å². The quantitative estimate of drug-likeness (QED) is 0.840. The number of halogens is 2. The van der Waals surface area contributed by atoms with E-state index < -0.39 is 5.82 Å². The number of ether oxygens (including phenoxy) is 1. The number of nitrogen functional groups attached to an aromatic ring is 1. The zero-order valence-electron chi connectivity index (χ0n) is 9.21. The van der Waals surface area contributed by atoms with Crippen molar-refractivity contribution >= 4 is 21.6 Å². The molecule has 0 heterocycles. The van der Waals surface area contributed by atoms with Gasteiger partial charge in [-0.25, -0.2) is 4.39 Å². The van der Waals surface area contributed by atoms with E-state index >= 15 is 0 Å². The second kappa shape index (κ2) is 4.75. The monoisotopic (exact) mass is 295 g/mol. The number of anilines is 1. The molecule has 0 saturated carbocycles. The molecule has 0 aliphatic heterocycles. The number of benzene rings is 2. The van der Waals surface area contributed by atoms with Crippen LogP contribution in [0.4, 0.5) is 10.1 Å². The van der Waals surface area contributed by atoms with Crippen LogP contribution in [0.25, 0.3) is 0 Å². The van der Waals surface area contributed by atoms with E-state index in [-0.39, 0.29) is 5.75 Å². The average Bonchev–Trinajstić information content (AvgIpc) is 2.25. The minimum absolute atomic E-state index is 0.156. The van der Waals surface area contributed by atoms with Crippen LogP contribution < -0.4 is 10.5 Å². The minimum atomic E-state index is -0.475. The van der Waals surface area contributed by atoms with Crippen molar-refractivity contribution in [3.05, 3.63) is 52.3 Å². The maximum atomic E-state index is 13.5. The van der Waals surface area contributed by atoms with Gasteiger partial charge in [0.05, 0.1) is 4.47 Å². The Bertz CT molecular complexity index is 508. The number of nitrogens with two attached hydrogens (primary N) is 1. The van der Waals surface area contributed by atoms with E-state index in [2.05, 4.69) is 15.9 Å². The summed E-state index contributed by atoms with van der Waals surface area (Å²) < 4.78 is 19.8. The first-order chi connectivity index (χ1) is 8.06. The van der Waals surface area contributed by atoms with Crippen LogP contribution in [0.5, 0.6) is 11.5 Å². The van der Waals surface area contributed by atoms with Gasteiger partial charge < -0.3 is 10.5 Å². The van der Waals surface area contributed by atoms with Crippen molar-refractivity contribution in [2.75, 3.05) is 5.73 Å². The fourth-order valence-corrected chi connectivity index (χ4v) is 1.98. The summed E-state index contributed by atoms with van der Waals surface area (Å²) in [5, 5.41) is 0. The fourth-order valence-electron chi connectivity index (χ4n) is 1.41. The van der Waals surface area contributed by atoms with E-state index in [1.807, 2.05) is 19.1 Å². The molecule has 4 heteroatoms.